The van der Waals surface area contributed by atoms with Crippen molar-refractivity contribution < 1.29 is 4.74 Å². The molecule has 0 amide bonds. The molecular formula is C21H26ClN7OS. The van der Waals surface area contributed by atoms with Gasteiger partial charge in [0.25, 0.3) is 0 Å². The van der Waals surface area contributed by atoms with Crippen molar-refractivity contribution in [2.24, 2.45) is 11.1 Å². The number of rotatable bonds is 3. The Hall–Kier alpha value is -2.07. The third-order valence-corrected chi connectivity index (χ3v) is 8.08. The highest BCUT2D eigenvalue weighted by Gasteiger charge is 2.53. The summed E-state index contributed by atoms with van der Waals surface area (Å²) >= 11 is 7.81. The van der Waals surface area contributed by atoms with E-state index in [1.54, 1.807) is 12.4 Å². The molecule has 4 N–H and O–H groups in total. The summed E-state index contributed by atoms with van der Waals surface area (Å²) in [5.41, 5.74) is 13.0. The first-order valence-electron chi connectivity index (χ1n) is 10.4. The van der Waals surface area contributed by atoms with Crippen LogP contribution in [0.1, 0.15) is 26.7 Å². The molecule has 2 aliphatic rings. The number of aromatic nitrogens is 4. The number of imidazole rings is 1. The van der Waals surface area contributed by atoms with Crippen molar-refractivity contribution in [1.29, 1.82) is 0 Å². The SMILES string of the molecule is CC1(C)COC2(CCN(c3ncc(Sc4ccnc(N)c4Cl)c4nccn34)CC2)[C@@H]1N. The largest absolute Gasteiger partial charge is 0.382 e. The van der Waals surface area contributed by atoms with Crippen LogP contribution in [0.3, 0.4) is 0 Å². The van der Waals surface area contributed by atoms with Gasteiger partial charge in [-0.15, -0.1) is 0 Å². The van der Waals surface area contributed by atoms with E-state index < -0.39 is 0 Å². The van der Waals surface area contributed by atoms with Gasteiger partial charge in [-0.3, -0.25) is 4.40 Å². The monoisotopic (exact) mass is 459 g/mol. The van der Waals surface area contributed by atoms with E-state index in [1.807, 2.05) is 22.9 Å². The predicted molar refractivity (Wildman–Crippen MR) is 123 cm³/mol. The number of nitrogen functional groups attached to an aromatic ring is 1. The lowest BCUT2D eigenvalue weighted by molar-refractivity contribution is -0.0236. The van der Waals surface area contributed by atoms with E-state index in [0.29, 0.717) is 17.4 Å². The van der Waals surface area contributed by atoms with Crippen LogP contribution in [-0.2, 0) is 4.74 Å². The van der Waals surface area contributed by atoms with E-state index in [2.05, 4.69) is 28.7 Å². The Morgan fingerprint density at radius 3 is 2.65 bits per heavy atom. The van der Waals surface area contributed by atoms with E-state index in [1.165, 1.54) is 11.8 Å². The molecule has 1 spiro atoms. The van der Waals surface area contributed by atoms with Gasteiger partial charge in [0.1, 0.15) is 5.82 Å². The van der Waals surface area contributed by atoms with E-state index >= 15 is 0 Å². The van der Waals surface area contributed by atoms with Crippen LogP contribution in [0.4, 0.5) is 11.8 Å². The Balaban J connectivity index is 1.40. The summed E-state index contributed by atoms with van der Waals surface area (Å²) < 4.78 is 8.28. The van der Waals surface area contributed by atoms with Crippen LogP contribution < -0.4 is 16.4 Å². The van der Waals surface area contributed by atoms with Gasteiger partial charge < -0.3 is 21.1 Å². The van der Waals surface area contributed by atoms with Gasteiger partial charge in [0, 0.05) is 54.2 Å². The second-order valence-corrected chi connectivity index (χ2v) is 10.4. The first kappa shape index (κ1) is 20.8. The first-order valence-corrected chi connectivity index (χ1v) is 11.5. The minimum absolute atomic E-state index is 0.00846. The number of pyridine rings is 1. The summed E-state index contributed by atoms with van der Waals surface area (Å²) in [5, 5.41) is 0.443. The van der Waals surface area contributed by atoms with Gasteiger partial charge in [-0.1, -0.05) is 37.2 Å². The van der Waals surface area contributed by atoms with Crippen LogP contribution in [0.25, 0.3) is 5.65 Å². The number of halogens is 1. The van der Waals surface area contributed by atoms with Crippen LogP contribution in [0, 0.1) is 5.41 Å². The third kappa shape index (κ3) is 3.44. The standard InChI is InChI=1S/C21H26ClN7OS/c1-20(2)12-30-21(18(20)24)4-8-28(9-5-21)19-27-11-14(17-26-7-10-29(17)19)31-13-3-6-25-16(23)15(13)22/h3,6-7,10-11,18H,4-5,8-9,12,24H2,1-2H3,(H2,23,25)/t18-/m1/s1. The van der Waals surface area contributed by atoms with Crippen molar-refractivity contribution in [3.63, 3.8) is 0 Å². The average Bonchev–Trinajstić information content (AvgIpc) is 3.33. The average molecular weight is 460 g/mol. The maximum atomic E-state index is 6.60. The van der Waals surface area contributed by atoms with Crippen LogP contribution in [0.2, 0.25) is 5.02 Å². The van der Waals surface area contributed by atoms with Crippen LogP contribution >= 0.6 is 23.4 Å². The Bertz CT molecular complexity index is 1130. The normalized spacial score (nSPS) is 22.5. The summed E-state index contributed by atoms with van der Waals surface area (Å²) in [6.45, 7) is 6.77. The second-order valence-electron chi connectivity index (χ2n) is 8.96. The summed E-state index contributed by atoms with van der Waals surface area (Å²) in [6, 6.07) is 1.88. The summed E-state index contributed by atoms with van der Waals surface area (Å²) in [4.78, 5) is 17.4. The zero-order valence-electron chi connectivity index (χ0n) is 17.6. The number of ether oxygens (including phenoxy) is 1. The molecule has 5 rings (SSSR count). The van der Waals surface area contributed by atoms with Crippen molar-refractivity contribution in [2.75, 3.05) is 30.3 Å². The number of nitrogens with two attached hydrogens (primary N) is 2. The fourth-order valence-electron chi connectivity index (χ4n) is 4.59. The van der Waals surface area contributed by atoms with Gasteiger partial charge in [-0.05, 0) is 18.9 Å². The van der Waals surface area contributed by atoms with Crippen molar-refractivity contribution in [3.8, 4) is 0 Å². The fourth-order valence-corrected chi connectivity index (χ4v) is 5.73. The molecule has 0 unspecified atom stereocenters. The lowest BCUT2D eigenvalue weighted by Gasteiger charge is -2.42. The van der Waals surface area contributed by atoms with Crippen molar-refractivity contribution in [3.05, 3.63) is 35.9 Å². The van der Waals surface area contributed by atoms with Gasteiger partial charge in [0.15, 0.2) is 5.65 Å². The van der Waals surface area contributed by atoms with E-state index in [-0.39, 0.29) is 17.1 Å². The fraction of sp³-hybridized carbons (Fsp3) is 0.476. The Labute approximate surface area is 190 Å². The lowest BCUT2D eigenvalue weighted by Crippen LogP contribution is -2.56. The molecule has 0 radical (unpaired) electrons. The molecule has 0 aliphatic carbocycles. The molecular weight excluding hydrogens is 434 g/mol. The molecule has 0 bridgehead atoms. The highest BCUT2D eigenvalue weighted by atomic mass is 35.5. The number of piperidine rings is 1. The zero-order chi connectivity index (χ0) is 21.8. The summed E-state index contributed by atoms with van der Waals surface area (Å²) in [7, 11) is 0. The summed E-state index contributed by atoms with van der Waals surface area (Å²) in [5.74, 6) is 1.19. The van der Waals surface area contributed by atoms with Crippen molar-refractivity contribution in [2.45, 2.75) is 48.1 Å². The van der Waals surface area contributed by atoms with Gasteiger partial charge in [0.2, 0.25) is 5.95 Å². The van der Waals surface area contributed by atoms with Crippen molar-refractivity contribution >= 4 is 40.8 Å². The van der Waals surface area contributed by atoms with Crippen LogP contribution in [-0.4, -0.2) is 50.7 Å². The molecule has 2 saturated heterocycles. The van der Waals surface area contributed by atoms with Gasteiger partial charge in [-0.2, -0.15) is 0 Å². The van der Waals surface area contributed by atoms with E-state index in [4.69, 9.17) is 32.8 Å². The van der Waals surface area contributed by atoms with Crippen molar-refractivity contribution in [1.82, 2.24) is 19.4 Å². The van der Waals surface area contributed by atoms with E-state index in [9.17, 15) is 0 Å². The lowest BCUT2D eigenvalue weighted by atomic mass is 9.75. The number of anilines is 2. The predicted octanol–water partition coefficient (Wildman–Crippen LogP) is 3.23. The quantitative estimate of drug-likeness (QED) is 0.614. The highest BCUT2D eigenvalue weighted by Crippen LogP contribution is 2.44. The number of fused-ring (bicyclic) bond motifs is 1. The van der Waals surface area contributed by atoms with Gasteiger partial charge in [-0.25, -0.2) is 15.0 Å². The molecule has 2 fully saturated rings. The maximum Gasteiger partial charge on any atom is 0.211 e. The molecule has 8 nitrogen and oxygen atoms in total. The molecule has 31 heavy (non-hydrogen) atoms. The minimum atomic E-state index is -0.234. The molecule has 3 aromatic rings. The molecule has 2 aliphatic heterocycles. The Morgan fingerprint density at radius 1 is 1.16 bits per heavy atom. The third-order valence-electron chi connectivity index (χ3n) is 6.51. The minimum Gasteiger partial charge on any atom is -0.382 e. The number of nitrogens with zero attached hydrogens (tertiary/aromatic N) is 5. The first-order chi connectivity index (χ1) is 14.8. The summed E-state index contributed by atoms with van der Waals surface area (Å²) in [6.07, 6.45) is 9.00. The van der Waals surface area contributed by atoms with Crippen LogP contribution in [0.15, 0.2) is 40.6 Å². The molecule has 10 heteroatoms. The Morgan fingerprint density at radius 2 is 1.94 bits per heavy atom. The Kier molecular flexibility index (Phi) is 5.04. The molecule has 0 aromatic carbocycles. The van der Waals surface area contributed by atoms with Gasteiger partial charge >= 0.3 is 0 Å². The van der Waals surface area contributed by atoms with Crippen LogP contribution in [0.5, 0.6) is 0 Å². The molecule has 0 saturated carbocycles. The van der Waals surface area contributed by atoms with Gasteiger partial charge in [0.05, 0.1) is 22.1 Å². The number of hydrogen-bond acceptors (Lipinski definition) is 8. The smallest absolute Gasteiger partial charge is 0.211 e. The van der Waals surface area contributed by atoms with E-state index in [0.717, 1.165) is 47.3 Å². The zero-order valence-corrected chi connectivity index (χ0v) is 19.2. The highest BCUT2D eigenvalue weighted by molar-refractivity contribution is 7.99. The number of hydrogen-bond donors (Lipinski definition) is 2. The molecule has 1 atom stereocenters. The molecule has 3 aromatic heterocycles. The molecule has 164 valence electrons. The molecule has 5 heterocycles. The topological polar surface area (TPSA) is 108 Å². The maximum absolute atomic E-state index is 6.60. The second kappa shape index (κ2) is 7.51.